The molecule has 0 saturated carbocycles. The van der Waals surface area contributed by atoms with E-state index in [0.717, 1.165) is 9.87 Å². The predicted molar refractivity (Wildman–Crippen MR) is 79.2 cm³/mol. The van der Waals surface area contributed by atoms with Gasteiger partial charge in [0.05, 0.1) is 24.0 Å². The van der Waals surface area contributed by atoms with E-state index < -0.39 is 15.9 Å². The smallest absolute Gasteiger partial charge is 0.266 e. The van der Waals surface area contributed by atoms with E-state index in [0.29, 0.717) is 12.0 Å². The Bertz CT molecular complexity index is 649. The van der Waals surface area contributed by atoms with Gasteiger partial charge in [0.25, 0.3) is 10.0 Å². The molecule has 1 atom stereocenters. The van der Waals surface area contributed by atoms with Crippen molar-refractivity contribution in [2.45, 2.75) is 30.8 Å². The molecule has 1 heterocycles. The van der Waals surface area contributed by atoms with Crippen molar-refractivity contribution >= 4 is 15.9 Å². The maximum Gasteiger partial charge on any atom is 0.266 e. The summed E-state index contributed by atoms with van der Waals surface area (Å²) >= 11 is 0. The zero-order valence-electron chi connectivity index (χ0n) is 12.2. The Kier molecular flexibility index (Phi) is 4.49. The van der Waals surface area contributed by atoms with Gasteiger partial charge in [0, 0.05) is 7.11 Å². The Labute approximate surface area is 125 Å². The molecule has 6 heteroatoms. The highest BCUT2D eigenvalue weighted by atomic mass is 32.2. The van der Waals surface area contributed by atoms with E-state index in [-0.39, 0.29) is 24.0 Å². The highest BCUT2D eigenvalue weighted by molar-refractivity contribution is 7.89. The van der Waals surface area contributed by atoms with Gasteiger partial charge in [-0.3, -0.25) is 4.79 Å². The van der Waals surface area contributed by atoms with E-state index in [1.807, 2.05) is 6.92 Å². The molecule has 0 N–H and O–H groups in total. The van der Waals surface area contributed by atoms with Gasteiger partial charge < -0.3 is 4.74 Å². The number of ether oxygens (including phenoxy) is 1. The highest BCUT2D eigenvalue weighted by Gasteiger charge is 2.34. The van der Waals surface area contributed by atoms with Crippen LogP contribution in [0.1, 0.15) is 18.4 Å². The first-order valence-electron chi connectivity index (χ1n) is 6.66. The lowest BCUT2D eigenvalue weighted by Crippen LogP contribution is -2.37. The van der Waals surface area contributed by atoms with Gasteiger partial charge in [-0.15, -0.1) is 0 Å². The lowest BCUT2D eigenvalue weighted by molar-refractivity contribution is -0.127. The summed E-state index contributed by atoms with van der Waals surface area (Å²) in [6.45, 7) is 5.72. The third-order valence-electron chi connectivity index (χ3n) is 3.51. The number of hydrogen-bond donors (Lipinski definition) is 0. The Balaban J connectivity index is 2.36. The second-order valence-corrected chi connectivity index (χ2v) is 7.10. The van der Waals surface area contributed by atoms with Crippen molar-refractivity contribution in [2.75, 3.05) is 13.7 Å². The number of amides is 1. The summed E-state index contributed by atoms with van der Waals surface area (Å²) in [6.07, 6.45) is 0.214. The molecular weight excluding hydrogens is 290 g/mol. The molecule has 1 aliphatic rings. The lowest BCUT2D eigenvalue weighted by Gasteiger charge is -2.21. The van der Waals surface area contributed by atoms with E-state index in [4.69, 9.17) is 4.74 Å². The summed E-state index contributed by atoms with van der Waals surface area (Å²) in [4.78, 5) is 12.4. The van der Waals surface area contributed by atoms with Crippen molar-refractivity contribution < 1.29 is 17.9 Å². The molecule has 0 aromatic heterocycles. The van der Waals surface area contributed by atoms with E-state index in [1.165, 1.54) is 19.2 Å². The van der Waals surface area contributed by atoms with Crippen LogP contribution in [0.25, 0.3) is 0 Å². The number of aryl methyl sites for hydroxylation is 1. The number of benzene rings is 1. The minimum absolute atomic E-state index is 0.00883. The highest BCUT2D eigenvalue weighted by Crippen LogP contribution is 2.24. The number of sulfonamides is 1. The molecule has 1 aliphatic heterocycles. The Hall–Kier alpha value is -1.66. The summed E-state index contributed by atoms with van der Waals surface area (Å²) in [6, 6.07) is 6.45. The number of hydrogen-bond acceptors (Lipinski definition) is 4. The van der Waals surface area contributed by atoms with E-state index in [1.54, 1.807) is 12.1 Å². The second-order valence-electron chi connectivity index (χ2n) is 5.23. The van der Waals surface area contributed by atoms with Crippen molar-refractivity contribution in [3.05, 3.63) is 42.0 Å². The van der Waals surface area contributed by atoms with Gasteiger partial charge in [-0.2, -0.15) is 0 Å². The number of carbonyl (C=O) groups is 1. The SMILES string of the molecule is C=C1CC(OC)CC(=O)N(S(=O)(=O)c2ccc(C)cc2)C1. The fraction of sp³-hybridized carbons (Fsp3) is 0.400. The molecule has 0 radical (unpaired) electrons. The van der Waals surface area contributed by atoms with Crippen LogP contribution >= 0.6 is 0 Å². The van der Waals surface area contributed by atoms with Crippen LogP contribution in [0.2, 0.25) is 0 Å². The third-order valence-corrected chi connectivity index (χ3v) is 5.29. The average Bonchev–Trinajstić information content (AvgIpc) is 2.58. The standard InChI is InChI=1S/C15H19NO4S/c1-11-4-6-14(7-5-11)21(18,19)16-10-12(2)8-13(20-3)9-15(16)17/h4-7,13H,2,8-10H2,1,3H3. The van der Waals surface area contributed by atoms with Crippen molar-refractivity contribution in [2.24, 2.45) is 0 Å². The van der Waals surface area contributed by atoms with Crippen molar-refractivity contribution in [1.82, 2.24) is 4.31 Å². The number of nitrogens with zero attached hydrogens (tertiary/aromatic N) is 1. The van der Waals surface area contributed by atoms with Crippen LogP contribution < -0.4 is 0 Å². The average molecular weight is 309 g/mol. The first-order valence-corrected chi connectivity index (χ1v) is 8.10. The molecule has 1 aromatic carbocycles. The molecule has 1 saturated heterocycles. The van der Waals surface area contributed by atoms with Crippen LogP contribution in [0.3, 0.4) is 0 Å². The number of rotatable bonds is 3. The van der Waals surface area contributed by atoms with Crippen LogP contribution in [0.5, 0.6) is 0 Å². The molecule has 1 unspecified atom stereocenters. The molecule has 21 heavy (non-hydrogen) atoms. The minimum atomic E-state index is -3.85. The number of methoxy groups -OCH3 is 1. The van der Waals surface area contributed by atoms with E-state index in [9.17, 15) is 13.2 Å². The first kappa shape index (κ1) is 15.7. The second kappa shape index (κ2) is 5.99. The molecular formula is C15H19NO4S. The molecule has 1 amide bonds. The largest absolute Gasteiger partial charge is 0.381 e. The summed E-state index contributed by atoms with van der Waals surface area (Å²) in [5.74, 6) is -0.457. The fourth-order valence-electron chi connectivity index (χ4n) is 2.27. The van der Waals surface area contributed by atoms with Crippen LogP contribution in [0.4, 0.5) is 0 Å². The van der Waals surface area contributed by atoms with Crippen LogP contribution in [-0.2, 0) is 19.6 Å². The summed E-state index contributed by atoms with van der Waals surface area (Å²) < 4.78 is 31.3. The summed E-state index contributed by atoms with van der Waals surface area (Å²) in [5, 5.41) is 0. The van der Waals surface area contributed by atoms with Gasteiger partial charge in [0.1, 0.15) is 0 Å². The summed E-state index contributed by atoms with van der Waals surface area (Å²) in [7, 11) is -2.34. The van der Waals surface area contributed by atoms with Crippen molar-refractivity contribution in [3.8, 4) is 0 Å². The van der Waals surface area contributed by atoms with E-state index in [2.05, 4.69) is 6.58 Å². The van der Waals surface area contributed by atoms with Gasteiger partial charge in [0.2, 0.25) is 5.91 Å². The van der Waals surface area contributed by atoms with E-state index >= 15 is 0 Å². The van der Waals surface area contributed by atoms with Gasteiger partial charge >= 0.3 is 0 Å². The monoisotopic (exact) mass is 309 g/mol. The molecule has 114 valence electrons. The maximum atomic E-state index is 12.6. The normalized spacial score (nSPS) is 20.5. The molecule has 0 spiro atoms. The molecule has 0 bridgehead atoms. The first-order chi connectivity index (χ1) is 9.84. The van der Waals surface area contributed by atoms with Crippen molar-refractivity contribution in [1.29, 1.82) is 0 Å². The molecule has 5 nitrogen and oxygen atoms in total. The maximum absolute atomic E-state index is 12.6. The zero-order valence-corrected chi connectivity index (χ0v) is 13.0. The Morgan fingerprint density at radius 1 is 1.24 bits per heavy atom. The van der Waals surface area contributed by atoms with Crippen LogP contribution in [0, 0.1) is 6.92 Å². The molecule has 2 rings (SSSR count). The minimum Gasteiger partial charge on any atom is -0.381 e. The van der Waals surface area contributed by atoms with Crippen molar-refractivity contribution in [3.63, 3.8) is 0 Å². The third kappa shape index (κ3) is 3.33. The van der Waals surface area contributed by atoms with Gasteiger partial charge in [-0.05, 0) is 25.5 Å². The fourth-order valence-corrected chi connectivity index (χ4v) is 3.70. The Morgan fingerprint density at radius 2 is 1.86 bits per heavy atom. The molecule has 0 aliphatic carbocycles. The van der Waals surface area contributed by atoms with Crippen LogP contribution in [-0.4, -0.2) is 38.4 Å². The Morgan fingerprint density at radius 3 is 2.43 bits per heavy atom. The molecule has 1 fully saturated rings. The lowest BCUT2D eigenvalue weighted by atomic mass is 10.1. The molecule has 1 aromatic rings. The van der Waals surface area contributed by atoms with Gasteiger partial charge in [0.15, 0.2) is 0 Å². The van der Waals surface area contributed by atoms with Gasteiger partial charge in [-0.25, -0.2) is 12.7 Å². The quantitative estimate of drug-likeness (QED) is 0.800. The van der Waals surface area contributed by atoms with Crippen LogP contribution in [0.15, 0.2) is 41.3 Å². The van der Waals surface area contributed by atoms with Gasteiger partial charge in [-0.1, -0.05) is 29.8 Å². The summed E-state index contributed by atoms with van der Waals surface area (Å²) in [5.41, 5.74) is 1.63. The predicted octanol–water partition coefficient (Wildman–Crippen LogP) is 1.88. The topological polar surface area (TPSA) is 63.7 Å². The zero-order chi connectivity index (χ0) is 15.6. The number of carbonyl (C=O) groups excluding carboxylic acids is 1.